The number of ether oxygens (including phenoxy) is 1. The normalized spacial score (nSPS) is 24.0. The fourth-order valence-corrected chi connectivity index (χ4v) is 2.99. The van der Waals surface area contributed by atoms with Crippen molar-refractivity contribution in [2.24, 2.45) is 5.92 Å². The van der Waals surface area contributed by atoms with Gasteiger partial charge in [0.05, 0.1) is 6.10 Å². The molecule has 0 saturated heterocycles. The van der Waals surface area contributed by atoms with Crippen molar-refractivity contribution in [3.05, 3.63) is 0 Å². The van der Waals surface area contributed by atoms with E-state index >= 15 is 0 Å². The molecule has 0 amide bonds. The summed E-state index contributed by atoms with van der Waals surface area (Å²) in [5.41, 5.74) is 0. The van der Waals surface area contributed by atoms with E-state index in [2.05, 4.69) is 26.1 Å². The van der Waals surface area contributed by atoms with Crippen LogP contribution in [0.5, 0.6) is 0 Å². The summed E-state index contributed by atoms with van der Waals surface area (Å²) in [5, 5.41) is 3.47. The maximum atomic E-state index is 6.04. The third-order valence-corrected chi connectivity index (χ3v) is 4.29. The van der Waals surface area contributed by atoms with Crippen molar-refractivity contribution in [2.75, 3.05) is 13.2 Å². The molecule has 1 aliphatic carbocycles. The molecule has 0 aromatic heterocycles. The van der Waals surface area contributed by atoms with Crippen LogP contribution in [0.1, 0.15) is 78.6 Å². The van der Waals surface area contributed by atoms with E-state index in [1.807, 2.05) is 0 Å². The highest BCUT2D eigenvalue weighted by Gasteiger charge is 2.20. The summed E-state index contributed by atoms with van der Waals surface area (Å²) < 4.78 is 6.04. The maximum Gasteiger partial charge on any atom is 0.0577 e. The van der Waals surface area contributed by atoms with Gasteiger partial charge < -0.3 is 10.1 Å². The van der Waals surface area contributed by atoms with E-state index in [0.29, 0.717) is 12.1 Å². The summed E-state index contributed by atoms with van der Waals surface area (Å²) in [6.45, 7) is 8.89. The number of rotatable bonds is 10. The summed E-state index contributed by atoms with van der Waals surface area (Å²) in [7, 11) is 0. The number of hydrogen-bond donors (Lipinski definition) is 1. The van der Waals surface area contributed by atoms with E-state index in [1.165, 1.54) is 64.3 Å². The highest BCUT2D eigenvalue weighted by atomic mass is 16.5. The lowest BCUT2D eigenvalue weighted by molar-refractivity contribution is 0.0107. The molecule has 0 spiro atoms. The Labute approximate surface area is 120 Å². The Hall–Kier alpha value is -0.0800. The van der Waals surface area contributed by atoms with Crippen LogP contribution in [0.15, 0.2) is 0 Å². The zero-order chi connectivity index (χ0) is 13.9. The third kappa shape index (κ3) is 8.65. The molecule has 1 saturated carbocycles. The van der Waals surface area contributed by atoms with Crippen molar-refractivity contribution < 1.29 is 4.74 Å². The monoisotopic (exact) mass is 269 g/mol. The quantitative estimate of drug-likeness (QED) is 0.588. The second kappa shape index (κ2) is 10.7. The summed E-state index contributed by atoms with van der Waals surface area (Å²) in [5.74, 6) is 0.931. The van der Waals surface area contributed by atoms with E-state index in [4.69, 9.17) is 4.74 Å². The van der Waals surface area contributed by atoms with Gasteiger partial charge in [-0.25, -0.2) is 0 Å². The maximum absolute atomic E-state index is 6.04. The van der Waals surface area contributed by atoms with Gasteiger partial charge in [0, 0.05) is 12.6 Å². The molecule has 2 heteroatoms. The number of nitrogens with one attached hydrogen (secondary N) is 1. The summed E-state index contributed by atoms with van der Waals surface area (Å²) in [6, 6.07) is 0.626. The summed E-state index contributed by atoms with van der Waals surface area (Å²) in [6.07, 6.45) is 12.5. The Kier molecular flexibility index (Phi) is 9.54. The van der Waals surface area contributed by atoms with Gasteiger partial charge in [0.15, 0.2) is 0 Å². The topological polar surface area (TPSA) is 21.3 Å². The first-order chi connectivity index (χ1) is 9.22. The molecule has 1 N–H and O–H groups in total. The Morgan fingerprint density at radius 2 is 1.89 bits per heavy atom. The van der Waals surface area contributed by atoms with Crippen LogP contribution in [-0.4, -0.2) is 25.3 Å². The van der Waals surface area contributed by atoms with E-state index < -0.39 is 0 Å². The van der Waals surface area contributed by atoms with Crippen LogP contribution in [0.2, 0.25) is 0 Å². The SMILES string of the molecule is CCC1CCCC(OCCCCCCNC(C)C)C1. The lowest BCUT2D eigenvalue weighted by Crippen LogP contribution is -2.23. The lowest BCUT2D eigenvalue weighted by atomic mass is 9.85. The average molecular weight is 269 g/mol. The molecule has 2 unspecified atom stereocenters. The fourth-order valence-electron chi connectivity index (χ4n) is 2.99. The zero-order valence-electron chi connectivity index (χ0n) is 13.4. The number of hydrogen-bond acceptors (Lipinski definition) is 2. The third-order valence-electron chi connectivity index (χ3n) is 4.29. The predicted molar refractivity (Wildman–Crippen MR) is 83.6 cm³/mol. The smallest absolute Gasteiger partial charge is 0.0577 e. The molecular formula is C17H35NO. The van der Waals surface area contributed by atoms with Crippen LogP contribution in [0.4, 0.5) is 0 Å². The van der Waals surface area contributed by atoms with Crippen molar-refractivity contribution in [1.82, 2.24) is 5.32 Å². The van der Waals surface area contributed by atoms with E-state index in [-0.39, 0.29) is 0 Å². The summed E-state index contributed by atoms with van der Waals surface area (Å²) in [4.78, 5) is 0. The molecule has 0 bridgehead atoms. The van der Waals surface area contributed by atoms with Crippen LogP contribution in [0, 0.1) is 5.92 Å². The minimum absolute atomic E-state index is 0.571. The molecule has 1 rings (SSSR count). The van der Waals surface area contributed by atoms with Crippen molar-refractivity contribution in [3.63, 3.8) is 0 Å². The molecular weight excluding hydrogens is 234 g/mol. The second-order valence-electron chi connectivity index (χ2n) is 6.46. The van der Waals surface area contributed by atoms with E-state index in [1.54, 1.807) is 0 Å². The highest BCUT2D eigenvalue weighted by molar-refractivity contribution is 4.72. The molecule has 0 radical (unpaired) electrons. The molecule has 1 aliphatic rings. The molecule has 19 heavy (non-hydrogen) atoms. The molecule has 2 atom stereocenters. The first-order valence-corrected chi connectivity index (χ1v) is 8.57. The van der Waals surface area contributed by atoms with Gasteiger partial charge >= 0.3 is 0 Å². The standard InChI is InChI=1S/C17H35NO/c1-4-16-10-9-11-17(14-16)19-13-8-6-5-7-12-18-15(2)3/h15-18H,4-14H2,1-3H3. The largest absolute Gasteiger partial charge is 0.378 e. The van der Waals surface area contributed by atoms with Crippen molar-refractivity contribution in [1.29, 1.82) is 0 Å². The minimum Gasteiger partial charge on any atom is -0.378 e. The van der Waals surface area contributed by atoms with E-state index in [0.717, 1.165) is 12.5 Å². The molecule has 0 aliphatic heterocycles. The van der Waals surface area contributed by atoms with Gasteiger partial charge in [0.2, 0.25) is 0 Å². The lowest BCUT2D eigenvalue weighted by Gasteiger charge is -2.28. The second-order valence-corrected chi connectivity index (χ2v) is 6.46. The molecule has 0 aromatic carbocycles. The van der Waals surface area contributed by atoms with Gasteiger partial charge in [-0.1, -0.05) is 52.9 Å². The molecule has 0 heterocycles. The van der Waals surface area contributed by atoms with Gasteiger partial charge in [0.25, 0.3) is 0 Å². The van der Waals surface area contributed by atoms with Crippen LogP contribution in [0.25, 0.3) is 0 Å². The average Bonchev–Trinajstić information content (AvgIpc) is 2.41. The van der Waals surface area contributed by atoms with Crippen LogP contribution in [0.3, 0.4) is 0 Å². The van der Waals surface area contributed by atoms with Crippen molar-refractivity contribution in [3.8, 4) is 0 Å². The van der Waals surface area contributed by atoms with Gasteiger partial charge in [0.1, 0.15) is 0 Å². The Morgan fingerprint density at radius 3 is 2.63 bits per heavy atom. The van der Waals surface area contributed by atoms with Crippen LogP contribution < -0.4 is 5.32 Å². The van der Waals surface area contributed by atoms with Gasteiger partial charge in [-0.15, -0.1) is 0 Å². The Balaban J connectivity index is 1.87. The first-order valence-electron chi connectivity index (χ1n) is 8.57. The van der Waals surface area contributed by atoms with Crippen molar-refractivity contribution >= 4 is 0 Å². The molecule has 2 nitrogen and oxygen atoms in total. The number of unbranched alkanes of at least 4 members (excludes halogenated alkanes) is 3. The predicted octanol–water partition coefficient (Wildman–Crippen LogP) is 4.53. The zero-order valence-corrected chi connectivity index (χ0v) is 13.4. The minimum atomic E-state index is 0.571. The molecule has 1 fully saturated rings. The van der Waals surface area contributed by atoms with Crippen molar-refractivity contribution in [2.45, 2.75) is 90.7 Å². The fraction of sp³-hybridized carbons (Fsp3) is 1.00. The van der Waals surface area contributed by atoms with E-state index in [9.17, 15) is 0 Å². The molecule has 114 valence electrons. The Bertz CT molecular complexity index is 205. The highest BCUT2D eigenvalue weighted by Crippen LogP contribution is 2.28. The molecule has 0 aromatic rings. The van der Waals surface area contributed by atoms with Crippen LogP contribution >= 0.6 is 0 Å². The van der Waals surface area contributed by atoms with Gasteiger partial charge in [-0.05, 0) is 38.1 Å². The Morgan fingerprint density at radius 1 is 1.11 bits per heavy atom. The van der Waals surface area contributed by atoms with Crippen LogP contribution in [-0.2, 0) is 4.74 Å². The summed E-state index contributed by atoms with van der Waals surface area (Å²) >= 11 is 0. The first kappa shape index (κ1) is 17.0. The van der Waals surface area contributed by atoms with Gasteiger partial charge in [-0.3, -0.25) is 0 Å². The van der Waals surface area contributed by atoms with Gasteiger partial charge in [-0.2, -0.15) is 0 Å².